The van der Waals surface area contributed by atoms with E-state index in [1.807, 2.05) is 0 Å². The van der Waals surface area contributed by atoms with Gasteiger partial charge in [0.05, 0.1) is 5.56 Å². The lowest BCUT2D eigenvalue weighted by Gasteiger charge is -2.35. The van der Waals surface area contributed by atoms with Crippen LogP contribution in [0.5, 0.6) is 0 Å². The van der Waals surface area contributed by atoms with E-state index in [2.05, 4.69) is 39.1 Å². The van der Waals surface area contributed by atoms with Crippen molar-refractivity contribution in [3.8, 4) is 0 Å². The first kappa shape index (κ1) is 27.5. The van der Waals surface area contributed by atoms with E-state index in [4.69, 9.17) is 5.73 Å². The number of carbonyl (C=O) groups is 1. The summed E-state index contributed by atoms with van der Waals surface area (Å²) < 4.78 is 0. The Bertz CT molecular complexity index is 645. The van der Waals surface area contributed by atoms with Crippen molar-refractivity contribution in [2.24, 2.45) is 0 Å². The Hall–Kier alpha value is -1.70. The molecule has 1 saturated heterocycles. The Morgan fingerprint density at radius 3 is 2.03 bits per heavy atom. The molecular weight excluding hydrogens is 412 g/mol. The van der Waals surface area contributed by atoms with E-state index in [-0.39, 0.29) is 5.91 Å². The van der Waals surface area contributed by atoms with E-state index in [0.717, 1.165) is 6.42 Å². The molecule has 0 aliphatic carbocycles. The minimum absolute atomic E-state index is 0.122. The predicted molar refractivity (Wildman–Crippen MR) is 139 cm³/mol. The van der Waals surface area contributed by atoms with Gasteiger partial charge in [-0.2, -0.15) is 0 Å². The van der Waals surface area contributed by atoms with Crippen molar-refractivity contribution in [1.82, 2.24) is 25.0 Å². The fourth-order valence-electron chi connectivity index (χ4n) is 4.36. The minimum Gasteiger partial charge on any atom is -0.383 e. The molecule has 1 amide bonds. The van der Waals surface area contributed by atoms with Gasteiger partial charge in [0.25, 0.3) is 5.91 Å². The normalized spacial score (nSPS) is 15.2. The van der Waals surface area contributed by atoms with Crippen molar-refractivity contribution in [3.63, 3.8) is 0 Å². The van der Waals surface area contributed by atoms with Gasteiger partial charge in [0, 0.05) is 52.0 Å². The molecule has 3 N–H and O–H groups in total. The maximum absolute atomic E-state index is 12.1. The number of hydrogen-bond donors (Lipinski definition) is 2. The van der Waals surface area contributed by atoms with E-state index in [1.54, 1.807) is 18.3 Å². The molecule has 2 heterocycles. The van der Waals surface area contributed by atoms with Crippen molar-refractivity contribution >= 4 is 11.7 Å². The Labute approximate surface area is 202 Å². The van der Waals surface area contributed by atoms with Crippen LogP contribution in [0.3, 0.4) is 0 Å². The van der Waals surface area contributed by atoms with Crippen LogP contribution in [0.15, 0.2) is 18.3 Å². The largest absolute Gasteiger partial charge is 0.383 e. The highest BCUT2D eigenvalue weighted by molar-refractivity contribution is 5.98. The Balaban J connectivity index is 1.32. The lowest BCUT2D eigenvalue weighted by atomic mass is 10.1. The zero-order valence-electron chi connectivity index (χ0n) is 21.2. The third-order valence-corrected chi connectivity index (χ3v) is 6.60. The van der Waals surface area contributed by atoms with Crippen molar-refractivity contribution < 1.29 is 4.79 Å². The number of carbonyl (C=O) groups excluding carboxylic acids is 1. The van der Waals surface area contributed by atoms with Crippen LogP contribution in [0.4, 0.5) is 5.82 Å². The third kappa shape index (κ3) is 12.4. The number of nitrogens with zero attached hydrogens (tertiary/aromatic N) is 4. The number of anilines is 1. The molecule has 33 heavy (non-hydrogen) atoms. The number of rotatable bonds is 17. The van der Waals surface area contributed by atoms with Gasteiger partial charge in [-0.1, -0.05) is 51.4 Å². The second kappa shape index (κ2) is 16.8. The number of nitrogen functional groups attached to an aromatic ring is 1. The molecule has 1 aliphatic rings. The number of unbranched alkanes of at least 4 members (excludes halogenated alkanes) is 9. The fourth-order valence-corrected chi connectivity index (χ4v) is 4.36. The van der Waals surface area contributed by atoms with E-state index >= 15 is 0 Å². The van der Waals surface area contributed by atoms with Crippen molar-refractivity contribution in [2.45, 2.75) is 64.2 Å². The molecule has 0 atom stereocenters. The highest BCUT2D eigenvalue weighted by Gasteiger charge is 2.16. The highest BCUT2D eigenvalue weighted by Crippen LogP contribution is 2.12. The van der Waals surface area contributed by atoms with Gasteiger partial charge in [0.2, 0.25) is 0 Å². The first-order valence-corrected chi connectivity index (χ1v) is 13.1. The molecule has 0 bridgehead atoms. The Morgan fingerprint density at radius 2 is 1.45 bits per heavy atom. The molecule has 0 aromatic carbocycles. The summed E-state index contributed by atoms with van der Waals surface area (Å²) in [4.78, 5) is 23.5. The summed E-state index contributed by atoms with van der Waals surface area (Å²) in [7, 11) is 4.31. The van der Waals surface area contributed by atoms with E-state index < -0.39 is 0 Å². The number of nitrogens with two attached hydrogens (primary N) is 1. The van der Waals surface area contributed by atoms with E-state index in [9.17, 15) is 4.79 Å². The Kier molecular flexibility index (Phi) is 14.1. The number of aromatic nitrogens is 1. The smallest absolute Gasteiger partial charge is 0.255 e. The van der Waals surface area contributed by atoms with Crippen molar-refractivity contribution in [1.29, 1.82) is 0 Å². The molecule has 0 unspecified atom stereocenters. The molecular formula is C26H48N6O. The number of nitrogens with one attached hydrogen (secondary N) is 1. The van der Waals surface area contributed by atoms with Gasteiger partial charge < -0.3 is 20.9 Å². The summed E-state index contributed by atoms with van der Waals surface area (Å²) in [5, 5.41) is 2.94. The van der Waals surface area contributed by atoms with E-state index in [1.165, 1.54) is 104 Å². The minimum atomic E-state index is -0.122. The molecule has 0 spiro atoms. The average Bonchev–Trinajstić information content (AvgIpc) is 2.81. The van der Waals surface area contributed by atoms with Crippen molar-refractivity contribution in [2.75, 3.05) is 72.2 Å². The van der Waals surface area contributed by atoms with Crippen LogP contribution in [0.2, 0.25) is 0 Å². The fraction of sp³-hybridized carbons (Fsp3) is 0.769. The van der Waals surface area contributed by atoms with Gasteiger partial charge in [0.1, 0.15) is 5.82 Å². The first-order chi connectivity index (χ1) is 16.1. The predicted octanol–water partition coefficient (Wildman–Crippen LogP) is 3.47. The van der Waals surface area contributed by atoms with Crippen LogP contribution in [-0.2, 0) is 0 Å². The maximum atomic E-state index is 12.1. The summed E-state index contributed by atoms with van der Waals surface area (Å²) in [6.07, 6.45) is 14.6. The van der Waals surface area contributed by atoms with Crippen molar-refractivity contribution in [3.05, 3.63) is 23.9 Å². The van der Waals surface area contributed by atoms with Crippen LogP contribution in [-0.4, -0.2) is 92.0 Å². The first-order valence-electron chi connectivity index (χ1n) is 13.1. The van der Waals surface area contributed by atoms with Crippen LogP contribution in [0.25, 0.3) is 0 Å². The molecule has 188 valence electrons. The molecule has 1 aliphatic heterocycles. The molecule has 0 radical (unpaired) electrons. The van der Waals surface area contributed by atoms with Crippen LogP contribution >= 0.6 is 0 Å². The summed E-state index contributed by atoms with van der Waals surface area (Å²) >= 11 is 0. The second-order valence-corrected chi connectivity index (χ2v) is 9.71. The average molecular weight is 461 g/mol. The standard InChI is InChI=1S/C26H48N6O/c1-30(2)18-19-32-22-20-31(21-23-32)17-12-10-8-6-4-3-5-7-9-11-15-29-26(33)24-14-13-16-28-25(24)27/h13-14,16H,3-12,15,17-23H2,1-2H3,(H2,27,28)(H,29,33). The van der Waals surface area contributed by atoms with Gasteiger partial charge in [-0.15, -0.1) is 0 Å². The highest BCUT2D eigenvalue weighted by atomic mass is 16.1. The molecule has 1 aromatic rings. The molecule has 2 rings (SSSR count). The number of piperazine rings is 1. The maximum Gasteiger partial charge on any atom is 0.255 e. The number of amides is 1. The number of pyridine rings is 1. The summed E-state index contributed by atoms with van der Waals surface area (Å²) in [5.74, 6) is 0.173. The monoisotopic (exact) mass is 460 g/mol. The molecule has 0 saturated carbocycles. The van der Waals surface area contributed by atoms with Crippen LogP contribution in [0.1, 0.15) is 74.6 Å². The molecule has 7 heteroatoms. The molecule has 1 aromatic heterocycles. The summed E-state index contributed by atoms with van der Waals surface area (Å²) in [6.45, 7) is 9.33. The second-order valence-electron chi connectivity index (χ2n) is 9.71. The topological polar surface area (TPSA) is 77.7 Å². The zero-order chi connectivity index (χ0) is 23.7. The van der Waals surface area contributed by atoms with E-state index in [0.29, 0.717) is 17.9 Å². The van der Waals surface area contributed by atoms with Crippen LogP contribution in [0, 0.1) is 0 Å². The lowest BCUT2D eigenvalue weighted by molar-refractivity contribution is 0.0953. The number of likely N-dealkylation sites (N-methyl/N-ethyl adjacent to an activating group) is 1. The quantitative estimate of drug-likeness (QED) is 0.347. The van der Waals surface area contributed by atoms with Crippen LogP contribution < -0.4 is 11.1 Å². The van der Waals surface area contributed by atoms with Gasteiger partial charge in [-0.3, -0.25) is 9.69 Å². The van der Waals surface area contributed by atoms with Gasteiger partial charge in [-0.05, 0) is 45.6 Å². The lowest BCUT2D eigenvalue weighted by Crippen LogP contribution is -2.48. The Morgan fingerprint density at radius 1 is 0.909 bits per heavy atom. The zero-order valence-corrected chi connectivity index (χ0v) is 21.2. The van der Waals surface area contributed by atoms with Gasteiger partial charge in [-0.25, -0.2) is 4.98 Å². The molecule has 1 fully saturated rings. The summed E-state index contributed by atoms with van der Waals surface area (Å²) in [5.41, 5.74) is 6.21. The summed E-state index contributed by atoms with van der Waals surface area (Å²) in [6, 6.07) is 3.45. The number of hydrogen-bond acceptors (Lipinski definition) is 6. The third-order valence-electron chi connectivity index (χ3n) is 6.60. The SMILES string of the molecule is CN(C)CCN1CCN(CCCCCCCCCCCCNC(=O)c2cccnc2N)CC1. The van der Waals surface area contributed by atoms with Gasteiger partial charge in [0.15, 0.2) is 0 Å². The molecule has 7 nitrogen and oxygen atoms in total. The van der Waals surface area contributed by atoms with Gasteiger partial charge >= 0.3 is 0 Å².